The van der Waals surface area contributed by atoms with Crippen molar-refractivity contribution in [2.45, 2.75) is 25.7 Å². The molecule has 0 heterocycles. The number of ether oxygens (including phenoxy) is 1. The number of sulfonamides is 1. The first-order valence-electron chi connectivity index (χ1n) is 5.83. The first-order valence-corrected chi connectivity index (χ1v) is 7.48. The molecule has 0 saturated heterocycles. The van der Waals surface area contributed by atoms with E-state index in [0.29, 0.717) is 17.9 Å². The minimum atomic E-state index is -3.37. The van der Waals surface area contributed by atoms with Crippen LogP contribution >= 0.6 is 0 Å². The Morgan fingerprint density at radius 1 is 1.33 bits per heavy atom. The van der Waals surface area contributed by atoms with Crippen molar-refractivity contribution in [3.05, 3.63) is 29.8 Å². The highest BCUT2D eigenvalue weighted by molar-refractivity contribution is 7.88. The Hall–Kier alpha value is -1.11. The van der Waals surface area contributed by atoms with E-state index in [1.165, 1.54) is 0 Å². The molecule has 0 aliphatic rings. The lowest BCUT2D eigenvalue weighted by Gasteiger charge is -2.10. The molecular formula is C12H20N2O3S. The molecule has 0 saturated carbocycles. The van der Waals surface area contributed by atoms with Crippen LogP contribution in [-0.2, 0) is 20.5 Å². The van der Waals surface area contributed by atoms with Crippen LogP contribution in [0.5, 0.6) is 0 Å². The summed E-state index contributed by atoms with van der Waals surface area (Å²) in [6, 6.07) is 6.93. The van der Waals surface area contributed by atoms with Crippen molar-refractivity contribution in [3.63, 3.8) is 0 Å². The highest BCUT2D eigenvalue weighted by atomic mass is 32.2. The van der Waals surface area contributed by atoms with Gasteiger partial charge in [0, 0.05) is 12.2 Å². The molecule has 0 atom stereocenters. The van der Waals surface area contributed by atoms with Gasteiger partial charge < -0.3 is 10.5 Å². The van der Waals surface area contributed by atoms with E-state index in [1.54, 1.807) is 24.3 Å². The lowest BCUT2D eigenvalue weighted by atomic mass is 10.2. The molecule has 0 aromatic heterocycles. The van der Waals surface area contributed by atoms with Crippen LogP contribution in [0.15, 0.2) is 24.3 Å². The van der Waals surface area contributed by atoms with Gasteiger partial charge in [0.15, 0.2) is 0 Å². The van der Waals surface area contributed by atoms with E-state index in [2.05, 4.69) is 4.72 Å². The Balaban J connectivity index is 2.48. The van der Waals surface area contributed by atoms with Crippen molar-refractivity contribution >= 4 is 15.7 Å². The Kier molecular flexibility index (Phi) is 5.58. The topological polar surface area (TPSA) is 81.4 Å². The molecule has 0 spiro atoms. The molecule has 5 nitrogen and oxygen atoms in total. The quantitative estimate of drug-likeness (QED) is 0.575. The zero-order valence-electron chi connectivity index (χ0n) is 10.7. The number of nitrogens with one attached hydrogen (secondary N) is 1. The molecule has 3 N–H and O–H groups in total. The Bertz CT molecular complexity index is 472. The third kappa shape index (κ3) is 5.48. The van der Waals surface area contributed by atoms with Crippen LogP contribution in [0.2, 0.25) is 0 Å². The molecule has 0 fully saturated rings. The first-order chi connectivity index (χ1) is 8.41. The third-order valence-corrected chi connectivity index (χ3v) is 3.61. The van der Waals surface area contributed by atoms with Crippen molar-refractivity contribution in [3.8, 4) is 0 Å². The van der Waals surface area contributed by atoms with Crippen molar-refractivity contribution in [2.75, 3.05) is 18.9 Å². The van der Waals surface area contributed by atoms with Crippen LogP contribution in [0.25, 0.3) is 0 Å². The monoisotopic (exact) mass is 272 g/mol. The normalized spacial score (nSPS) is 11.9. The minimum absolute atomic E-state index is 0.0965. The van der Waals surface area contributed by atoms with Gasteiger partial charge in [-0.1, -0.05) is 18.2 Å². The molecule has 18 heavy (non-hydrogen) atoms. The summed E-state index contributed by atoms with van der Waals surface area (Å²) in [5.74, 6) is -0.110. The van der Waals surface area contributed by atoms with Crippen molar-refractivity contribution in [1.82, 2.24) is 4.72 Å². The minimum Gasteiger partial charge on any atom is -0.398 e. The fourth-order valence-corrected chi connectivity index (χ4v) is 2.58. The Labute approximate surface area is 108 Å². The molecular weight excluding hydrogens is 252 g/mol. The van der Waals surface area contributed by atoms with Crippen LogP contribution in [0.1, 0.15) is 19.4 Å². The second kappa shape index (κ2) is 6.72. The van der Waals surface area contributed by atoms with Gasteiger partial charge in [-0.15, -0.1) is 0 Å². The van der Waals surface area contributed by atoms with Crippen molar-refractivity contribution < 1.29 is 13.2 Å². The van der Waals surface area contributed by atoms with Gasteiger partial charge in [0.05, 0.1) is 18.5 Å². The molecule has 0 aliphatic carbocycles. The molecule has 0 unspecified atom stereocenters. The number of para-hydroxylation sites is 1. The van der Waals surface area contributed by atoms with E-state index in [4.69, 9.17) is 10.5 Å². The van der Waals surface area contributed by atoms with Gasteiger partial charge in [0.2, 0.25) is 10.0 Å². The Morgan fingerprint density at radius 2 is 2.00 bits per heavy atom. The van der Waals surface area contributed by atoms with E-state index in [1.807, 2.05) is 13.8 Å². The number of nitrogens with two attached hydrogens (primary N) is 1. The smallest absolute Gasteiger partial charge is 0.215 e. The summed E-state index contributed by atoms with van der Waals surface area (Å²) in [5.41, 5.74) is 6.80. The number of hydrogen-bond donors (Lipinski definition) is 2. The lowest BCUT2D eigenvalue weighted by molar-refractivity contribution is 0.0834. The standard InChI is InChI=1S/C12H20N2O3S/c1-10(2)17-8-7-14-18(15,16)9-11-5-3-4-6-12(11)13/h3-6,10,14H,7-9,13H2,1-2H3. The van der Waals surface area contributed by atoms with Gasteiger partial charge in [-0.25, -0.2) is 13.1 Å². The van der Waals surface area contributed by atoms with Gasteiger partial charge in [-0.3, -0.25) is 0 Å². The Morgan fingerprint density at radius 3 is 2.61 bits per heavy atom. The largest absolute Gasteiger partial charge is 0.398 e. The lowest BCUT2D eigenvalue weighted by Crippen LogP contribution is -2.29. The second-order valence-corrected chi connectivity index (χ2v) is 6.08. The zero-order chi connectivity index (χ0) is 13.6. The average Bonchev–Trinajstić information content (AvgIpc) is 2.27. The van der Waals surface area contributed by atoms with Crippen LogP contribution in [0, 0.1) is 0 Å². The summed E-state index contributed by atoms with van der Waals surface area (Å²) < 4.78 is 31.3. The molecule has 1 rings (SSSR count). The summed E-state index contributed by atoms with van der Waals surface area (Å²) >= 11 is 0. The molecule has 0 radical (unpaired) electrons. The summed E-state index contributed by atoms with van der Waals surface area (Å²) in [6.07, 6.45) is 0.0965. The molecule has 1 aromatic rings. The van der Waals surface area contributed by atoms with Crippen molar-refractivity contribution in [1.29, 1.82) is 0 Å². The van der Waals surface area contributed by atoms with Gasteiger partial charge in [0.1, 0.15) is 0 Å². The highest BCUT2D eigenvalue weighted by Crippen LogP contribution is 2.13. The zero-order valence-corrected chi connectivity index (χ0v) is 11.5. The van der Waals surface area contributed by atoms with Gasteiger partial charge >= 0.3 is 0 Å². The number of hydrogen-bond acceptors (Lipinski definition) is 4. The fraction of sp³-hybridized carbons (Fsp3) is 0.500. The second-order valence-electron chi connectivity index (χ2n) is 4.27. The number of rotatable bonds is 7. The van der Waals surface area contributed by atoms with Gasteiger partial charge in [-0.05, 0) is 25.5 Å². The highest BCUT2D eigenvalue weighted by Gasteiger charge is 2.12. The molecule has 6 heteroatoms. The molecule has 0 amide bonds. The number of anilines is 1. The van der Waals surface area contributed by atoms with E-state index in [-0.39, 0.29) is 18.4 Å². The summed E-state index contributed by atoms with van der Waals surface area (Å²) in [6.45, 7) is 4.44. The third-order valence-electron chi connectivity index (χ3n) is 2.28. The number of benzene rings is 1. The van der Waals surface area contributed by atoms with Gasteiger partial charge in [0.25, 0.3) is 0 Å². The van der Waals surface area contributed by atoms with Crippen LogP contribution < -0.4 is 10.5 Å². The van der Waals surface area contributed by atoms with E-state index >= 15 is 0 Å². The van der Waals surface area contributed by atoms with Crippen molar-refractivity contribution in [2.24, 2.45) is 0 Å². The molecule has 102 valence electrons. The van der Waals surface area contributed by atoms with Gasteiger partial charge in [-0.2, -0.15) is 0 Å². The first kappa shape index (κ1) is 14.9. The van der Waals surface area contributed by atoms with Crippen LogP contribution in [0.4, 0.5) is 5.69 Å². The number of nitrogen functional groups attached to an aromatic ring is 1. The van der Waals surface area contributed by atoms with E-state index in [9.17, 15) is 8.42 Å². The van der Waals surface area contributed by atoms with E-state index < -0.39 is 10.0 Å². The maximum Gasteiger partial charge on any atom is 0.215 e. The predicted octanol–water partition coefficient (Wildman–Crippen LogP) is 1.11. The average molecular weight is 272 g/mol. The maximum absolute atomic E-state index is 11.8. The summed E-state index contributed by atoms with van der Waals surface area (Å²) in [4.78, 5) is 0. The molecule has 0 bridgehead atoms. The van der Waals surface area contributed by atoms with E-state index in [0.717, 1.165) is 0 Å². The predicted molar refractivity (Wildman–Crippen MR) is 72.6 cm³/mol. The molecule has 0 aliphatic heterocycles. The van der Waals surface area contributed by atoms with Crippen LogP contribution in [0.3, 0.4) is 0 Å². The SMILES string of the molecule is CC(C)OCCNS(=O)(=O)Cc1ccccc1N. The fourth-order valence-electron chi connectivity index (χ4n) is 1.41. The van der Waals surface area contributed by atoms with Crippen LogP contribution in [-0.4, -0.2) is 27.7 Å². The molecule has 1 aromatic carbocycles. The summed E-state index contributed by atoms with van der Waals surface area (Å²) in [7, 11) is -3.37. The summed E-state index contributed by atoms with van der Waals surface area (Å²) in [5, 5.41) is 0. The maximum atomic E-state index is 11.8.